The Morgan fingerprint density at radius 1 is 1.25 bits per heavy atom. The van der Waals surface area contributed by atoms with Crippen LogP contribution in [0.1, 0.15) is 24.1 Å². The van der Waals surface area contributed by atoms with Gasteiger partial charge in [0.15, 0.2) is 0 Å². The van der Waals surface area contributed by atoms with Gasteiger partial charge in [-0.25, -0.2) is 4.39 Å². The molecule has 0 saturated heterocycles. The molecule has 4 heteroatoms. The summed E-state index contributed by atoms with van der Waals surface area (Å²) >= 11 is 0. The number of benzene rings is 2. The maximum atomic E-state index is 13.2. The minimum Gasteiger partial charge on any atom is -0.508 e. The highest BCUT2D eigenvalue weighted by molar-refractivity contribution is 5.35. The lowest BCUT2D eigenvalue weighted by Crippen LogP contribution is -2.18. The fourth-order valence-electron chi connectivity index (χ4n) is 2.14. The third-order valence-electron chi connectivity index (χ3n) is 3.16. The maximum Gasteiger partial charge on any atom is 0.127 e. The van der Waals surface area contributed by atoms with E-state index in [0.29, 0.717) is 12.1 Å². The first kappa shape index (κ1) is 14.3. The molecule has 1 unspecified atom stereocenters. The zero-order valence-electron chi connectivity index (χ0n) is 11.6. The van der Waals surface area contributed by atoms with E-state index in [1.165, 1.54) is 6.07 Å². The molecule has 2 aromatic carbocycles. The van der Waals surface area contributed by atoms with Gasteiger partial charge in [0.1, 0.15) is 17.3 Å². The Morgan fingerprint density at radius 3 is 2.70 bits per heavy atom. The Hall–Kier alpha value is -2.07. The number of methoxy groups -OCH3 is 1. The highest BCUT2D eigenvalue weighted by Crippen LogP contribution is 2.24. The quantitative estimate of drug-likeness (QED) is 0.879. The minimum absolute atomic E-state index is 0.0524. The largest absolute Gasteiger partial charge is 0.508 e. The molecule has 0 aromatic heterocycles. The second kappa shape index (κ2) is 6.39. The van der Waals surface area contributed by atoms with E-state index in [-0.39, 0.29) is 11.8 Å². The Balaban J connectivity index is 2.06. The average molecular weight is 275 g/mol. The number of phenolic OH excluding ortho intramolecular Hbond substituents is 1. The van der Waals surface area contributed by atoms with Gasteiger partial charge in [0.2, 0.25) is 0 Å². The van der Waals surface area contributed by atoms with E-state index in [9.17, 15) is 9.50 Å². The summed E-state index contributed by atoms with van der Waals surface area (Å²) in [5.41, 5.74) is 1.74. The Labute approximate surface area is 118 Å². The van der Waals surface area contributed by atoms with Gasteiger partial charge in [-0.1, -0.05) is 18.2 Å². The Bertz CT molecular complexity index is 566. The van der Waals surface area contributed by atoms with Crippen LogP contribution >= 0.6 is 0 Å². The van der Waals surface area contributed by atoms with Crippen LogP contribution in [0.4, 0.5) is 4.39 Å². The number of hydrogen-bond acceptors (Lipinski definition) is 3. The van der Waals surface area contributed by atoms with E-state index >= 15 is 0 Å². The number of hydrogen-bond donors (Lipinski definition) is 2. The fourth-order valence-corrected chi connectivity index (χ4v) is 2.14. The zero-order valence-corrected chi connectivity index (χ0v) is 11.6. The normalized spacial score (nSPS) is 12.2. The molecule has 2 rings (SSSR count). The molecule has 0 aliphatic heterocycles. The van der Waals surface area contributed by atoms with Crippen molar-refractivity contribution in [3.05, 3.63) is 59.4 Å². The summed E-state index contributed by atoms with van der Waals surface area (Å²) in [6.07, 6.45) is 0. The average Bonchev–Trinajstić information content (AvgIpc) is 2.43. The molecule has 0 fully saturated rings. The van der Waals surface area contributed by atoms with Gasteiger partial charge in [0.05, 0.1) is 7.11 Å². The van der Waals surface area contributed by atoms with Crippen molar-refractivity contribution >= 4 is 0 Å². The molecule has 0 aliphatic rings. The van der Waals surface area contributed by atoms with Gasteiger partial charge in [-0.2, -0.15) is 0 Å². The first-order valence-corrected chi connectivity index (χ1v) is 6.45. The van der Waals surface area contributed by atoms with Crippen LogP contribution in [0.5, 0.6) is 11.5 Å². The number of halogens is 1. The molecule has 0 radical (unpaired) electrons. The predicted octanol–water partition coefficient (Wildman–Crippen LogP) is 3.39. The molecular formula is C16H18FNO2. The van der Waals surface area contributed by atoms with Crippen LogP contribution in [-0.2, 0) is 6.54 Å². The second-order valence-electron chi connectivity index (χ2n) is 4.66. The van der Waals surface area contributed by atoms with Crippen molar-refractivity contribution in [2.45, 2.75) is 19.5 Å². The number of nitrogens with one attached hydrogen (secondary N) is 1. The van der Waals surface area contributed by atoms with Gasteiger partial charge in [-0.3, -0.25) is 0 Å². The van der Waals surface area contributed by atoms with Crippen molar-refractivity contribution in [1.29, 1.82) is 0 Å². The second-order valence-corrected chi connectivity index (χ2v) is 4.66. The van der Waals surface area contributed by atoms with Crippen LogP contribution in [0.25, 0.3) is 0 Å². The van der Waals surface area contributed by atoms with Crippen LogP contribution < -0.4 is 10.1 Å². The monoisotopic (exact) mass is 275 g/mol. The van der Waals surface area contributed by atoms with Crippen LogP contribution in [0.3, 0.4) is 0 Å². The van der Waals surface area contributed by atoms with E-state index < -0.39 is 5.82 Å². The van der Waals surface area contributed by atoms with E-state index in [4.69, 9.17) is 4.74 Å². The van der Waals surface area contributed by atoms with Crippen molar-refractivity contribution in [2.24, 2.45) is 0 Å². The molecule has 2 N–H and O–H groups in total. The van der Waals surface area contributed by atoms with Crippen LogP contribution in [0.2, 0.25) is 0 Å². The highest BCUT2D eigenvalue weighted by Gasteiger charge is 2.10. The van der Waals surface area contributed by atoms with Crippen molar-refractivity contribution < 1.29 is 14.2 Å². The lowest BCUT2D eigenvalue weighted by Gasteiger charge is -2.17. The number of aromatic hydroxyl groups is 1. The first-order valence-electron chi connectivity index (χ1n) is 6.45. The topological polar surface area (TPSA) is 41.5 Å². The molecule has 0 saturated carbocycles. The summed E-state index contributed by atoms with van der Waals surface area (Å²) in [4.78, 5) is 0. The van der Waals surface area contributed by atoms with E-state index in [0.717, 1.165) is 17.4 Å². The Kier molecular flexibility index (Phi) is 4.58. The smallest absolute Gasteiger partial charge is 0.127 e. The summed E-state index contributed by atoms with van der Waals surface area (Å²) in [7, 11) is 1.64. The van der Waals surface area contributed by atoms with Gasteiger partial charge >= 0.3 is 0 Å². The predicted molar refractivity (Wildman–Crippen MR) is 76.3 cm³/mol. The lowest BCUT2D eigenvalue weighted by atomic mass is 10.1. The number of rotatable bonds is 5. The zero-order chi connectivity index (χ0) is 14.5. The summed E-state index contributed by atoms with van der Waals surface area (Å²) in [6, 6.07) is 11.8. The van der Waals surface area contributed by atoms with Crippen LogP contribution in [-0.4, -0.2) is 12.2 Å². The number of ether oxygens (including phenoxy) is 1. The molecular weight excluding hydrogens is 257 g/mol. The SMILES string of the molecule is COc1ccccc1C(C)NCc1cc(O)cc(F)c1. The molecule has 0 amide bonds. The molecule has 106 valence electrons. The van der Waals surface area contributed by atoms with Crippen LogP contribution in [0, 0.1) is 5.82 Å². The number of para-hydroxylation sites is 1. The Morgan fingerprint density at radius 2 is 2.00 bits per heavy atom. The maximum absolute atomic E-state index is 13.2. The molecule has 0 heterocycles. The van der Waals surface area contributed by atoms with E-state index in [2.05, 4.69) is 5.32 Å². The fraction of sp³-hybridized carbons (Fsp3) is 0.250. The van der Waals surface area contributed by atoms with Crippen molar-refractivity contribution in [3.8, 4) is 11.5 Å². The van der Waals surface area contributed by atoms with Crippen molar-refractivity contribution in [3.63, 3.8) is 0 Å². The molecule has 0 bridgehead atoms. The van der Waals surface area contributed by atoms with E-state index in [1.54, 1.807) is 13.2 Å². The van der Waals surface area contributed by atoms with Gasteiger partial charge in [-0.05, 0) is 30.7 Å². The van der Waals surface area contributed by atoms with Gasteiger partial charge in [0.25, 0.3) is 0 Å². The number of phenols is 1. The van der Waals surface area contributed by atoms with Crippen molar-refractivity contribution in [2.75, 3.05) is 7.11 Å². The summed E-state index contributed by atoms with van der Waals surface area (Å²) in [5.74, 6) is 0.313. The third-order valence-corrected chi connectivity index (χ3v) is 3.16. The molecule has 1 atom stereocenters. The minimum atomic E-state index is -0.438. The van der Waals surface area contributed by atoms with Crippen molar-refractivity contribution in [1.82, 2.24) is 5.32 Å². The lowest BCUT2D eigenvalue weighted by molar-refractivity contribution is 0.401. The highest BCUT2D eigenvalue weighted by atomic mass is 19.1. The first-order chi connectivity index (χ1) is 9.60. The summed E-state index contributed by atoms with van der Waals surface area (Å²) in [6.45, 7) is 2.47. The molecule has 3 nitrogen and oxygen atoms in total. The molecule has 20 heavy (non-hydrogen) atoms. The van der Waals surface area contributed by atoms with E-state index in [1.807, 2.05) is 31.2 Å². The molecule has 0 aliphatic carbocycles. The van der Waals surface area contributed by atoms with Crippen LogP contribution in [0.15, 0.2) is 42.5 Å². The molecule has 2 aromatic rings. The summed E-state index contributed by atoms with van der Waals surface area (Å²) < 4.78 is 18.5. The third kappa shape index (κ3) is 3.48. The summed E-state index contributed by atoms with van der Waals surface area (Å²) in [5, 5.41) is 12.7. The molecule has 0 spiro atoms. The standard InChI is InChI=1S/C16H18FNO2/c1-11(15-5-3-4-6-16(15)20-2)18-10-12-7-13(17)9-14(19)8-12/h3-9,11,18-19H,10H2,1-2H3. The van der Waals surface area contributed by atoms with Gasteiger partial charge in [-0.15, -0.1) is 0 Å². The van der Waals surface area contributed by atoms with Gasteiger partial charge < -0.3 is 15.2 Å². The van der Waals surface area contributed by atoms with Gasteiger partial charge in [0, 0.05) is 24.2 Å².